The van der Waals surface area contributed by atoms with Crippen molar-refractivity contribution in [3.63, 3.8) is 0 Å². The van der Waals surface area contributed by atoms with Gasteiger partial charge in [-0.1, -0.05) is 66.7 Å². The molecule has 6 nitrogen and oxygen atoms in total. The highest BCUT2D eigenvalue weighted by molar-refractivity contribution is 6.02. The Morgan fingerprint density at radius 3 is 2.26 bits per heavy atom. The van der Waals surface area contributed by atoms with Gasteiger partial charge in [-0.2, -0.15) is 0 Å². The quantitative estimate of drug-likeness (QED) is 0.446. The van der Waals surface area contributed by atoms with Crippen LogP contribution in [0.1, 0.15) is 24.1 Å². The molecule has 0 aliphatic heterocycles. The molecular weight excluding hydrogens is 392 g/mol. The average Bonchev–Trinajstić information content (AvgIpc) is 2.82. The summed E-state index contributed by atoms with van der Waals surface area (Å²) in [7, 11) is 2.62. The molecule has 6 heteroatoms. The van der Waals surface area contributed by atoms with E-state index in [2.05, 4.69) is 10.3 Å². The highest BCUT2D eigenvalue weighted by atomic mass is 16.5. The molecule has 0 heterocycles. The van der Waals surface area contributed by atoms with Gasteiger partial charge in [0.05, 0.1) is 26.8 Å². The van der Waals surface area contributed by atoms with Crippen LogP contribution < -0.4 is 5.32 Å². The summed E-state index contributed by atoms with van der Waals surface area (Å²) >= 11 is 0. The fourth-order valence-electron chi connectivity index (χ4n) is 3.52. The van der Waals surface area contributed by atoms with Gasteiger partial charge in [-0.3, -0.25) is 9.79 Å². The second-order valence-electron chi connectivity index (χ2n) is 7.16. The minimum atomic E-state index is -0.811. The Bertz CT molecular complexity index is 1080. The van der Waals surface area contributed by atoms with E-state index in [4.69, 9.17) is 9.47 Å². The second kappa shape index (κ2) is 10.4. The molecule has 1 amide bonds. The van der Waals surface area contributed by atoms with E-state index < -0.39 is 24.0 Å². The molecule has 2 atom stereocenters. The van der Waals surface area contributed by atoms with Crippen LogP contribution in [0.15, 0.2) is 77.8 Å². The Kier molecular flexibility index (Phi) is 7.38. The van der Waals surface area contributed by atoms with Crippen LogP contribution in [0, 0.1) is 5.92 Å². The van der Waals surface area contributed by atoms with Crippen molar-refractivity contribution in [3.05, 3.63) is 83.9 Å². The predicted molar refractivity (Wildman–Crippen MR) is 121 cm³/mol. The topological polar surface area (TPSA) is 77.0 Å². The summed E-state index contributed by atoms with van der Waals surface area (Å²) in [6, 6.07) is 22.8. The number of nitrogens with one attached hydrogen (secondary N) is 1. The van der Waals surface area contributed by atoms with E-state index in [0.29, 0.717) is 12.3 Å². The minimum absolute atomic E-state index is 0.419. The van der Waals surface area contributed by atoms with Crippen LogP contribution in [0.25, 0.3) is 10.8 Å². The molecule has 0 aliphatic carbocycles. The Labute approximate surface area is 181 Å². The summed E-state index contributed by atoms with van der Waals surface area (Å²) in [5, 5.41) is 4.86. The molecule has 0 radical (unpaired) electrons. The molecule has 31 heavy (non-hydrogen) atoms. The number of methoxy groups -OCH3 is 2. The summed E-state index contributed by atoms with van der Waals surface area (Å²) in [4.78, 5) is 29.6. The van der Waals surface area contributed by atoms with Gasteiger partial charge in [-0.05, 0) is 34.9 Å². The average molecular weight is 418 g/mol. The Balaban J connectivity index is 2.02. The molecule has 3 rings (SSSR count). The van der Waals surface area contributed by atoms with Crippen molar-refractivity contribution >= 4 is 28.5 Å². The Hall–Kier alpha value is -3.67. The molecule has 3 aromatic rings. The van der Waals surface area contributed by atoms with Crippen LogP contribution in [-0.4, -0.2) is 32.0 Å². The zero-order valence-corrected chi connectivity index (χ0v) is 17.9. The molecule has 0 bridgehead atoms. The molecule has 0 spiro atoms. The van der Waals surface area contributed by atoms with E-state index in [0.717, 1.165) is 21.9 Å². The first kappa shape index (κ1) is 22.0. The van der Waals surface area contributed by atoms with Gasteiger partial charge in [0.15, 0.2) is 0 Å². The molecule has 160 valence electrons. The summed E-state index contributed by atoms with van der Waals surface area (Å²) in [5.74, 6) is -1.29. The maximum Gasteiger partial charge on any atom is 0.407 e. The maximum absolute atomic E-state index is 12.8. The lowest BCUT2D eigenvalue weighted by molar-refractivity contribution is -0.143. The lowest BCUT2D eigenvalue weighted by Crippen LogP contribution is -2.40. The number of carbonyl (C=O) groups excluding carboxylic acids is 2. The van der Waals surface area contributed by atoms with Crippen LogP contribution in [0.5, 0.6) is 0 Å². The third-order valence-corrected chi connectivity index (χ3v) is 5.18. The number of carbonyl (C=O) groups is 2. The highest BCUT2D eigenvalue weighted by Crippen LogP contribution is 2.28. The van der Waals surface area contributed by atoms with Crippen molar-refractivity contribution in [3.8, 4) is 0 Å². The van der Waals surface area contributed by atoms with Gasteiger partial charge in [-0.25, -0.2) is 4.79 Å². The zero-order chi connectivity index (χ0) is 22.2. The van der Waals surface area contributed by atoms with Crippen molar-refractivity contribution in [2.45, 2.75) is 19.5 Å². The van der Waals surface area contributed by atoms with E-state index in [-0.39, 0.29) is 0 Å². The van der Waals surface area contributed by atoms with E-state index in [1.165, 1.54) is 14.2 Å². The lowest BCUT2D eigenvalue weighted by Gasteiger charge is -2.26. The Morgan fingerprint density at radius 2 is 1.58 bits per heavy atom. The van der Waals surface area contributed by atoms with Crippen LogP contribution >= 0.6 is 0 Å². The van der Waals surface area contributed by atoms with Gasteiger partial charge in [0, 0.05) is 5.71 Å². The summed E-state index contributed by atoms with van der Waals surface area (Å²) in [6.07, 6.45) is -0.636. The second-order valence-corrected chi connectivity index (χ2v) is 7.16. The molecule has 0 saturated heterocycles. The van der Waals surface area contributed by atoms with Gasteiger partial charge in [0.2, 0.25) is 0 Å². The summed E-state index contributed by atoms with van der Waals surface area (Å²) < 4.78 is 9.90. The van der Waals surface area contributed by atoms with Crippen molar-refractivity contribution in [2.75, 3.05) is 14.2 Å². The van der Waals surface area contributed by atoms with Crippen LogP contribution in [0.4, 0.5) is 4.79 Å². The molecule has 3 aromatic carbocycles. The standard InChI is InChI=1S/C25H26N2O4/c1-17(26-16-18-9-5-4-6-10-18)22(24(28)30-2)23(27-25(29)31-3)21-14-13-19-11-7-8-12-20(19)15-21/h4-15,22-23H,16H2,1-3H3,(H,27,29)/t22?,23-/m0/s1. The molecule has 0 aromatic heterocycles. The number of fused-ring (bicyclic) bond motifs is 1. The van der Waals surface area contributed by atoms with E-state index in [9.17, 15) is 9.59 Å². The van der Waals surface area contributed by atoms with Crippen molar-refractivity contribution in [1.29, 1.82) is 0 Å². The highest BCUT2D eigenvalue weighted by Gasteiger charge is 2.34. The van der Waals surface area contributed by atoms with Gasteiger partial charge in [0.25, 0.3) is 0 Å². The number of ether oxygens (including phenoxy) is 2. The Morgan fingerprint density at radius 1 is 0.903 bits per heavy atom. The molecular formula is C25H26N2O4. The van der Waals surface area contributed by atoms with E-state index in [1.807, 2.05) is 72.8 Å². The van der Waals surface area contributed by atoms with Gasteiger partial charge < -0.3 is 14.8 Å². The number of hydrogen-bond donors (Lipinski definition) is 1. The molecule has 1 unspecified atom stereocenters. The van der Waals surface area contributed by atoms with Crippen molar-refractivity contribution in [1.82, 2.24) is 5.32 Å². The summed E-state index contributed by atoms with van der Waals surface area (Å²) in [6.45, 7) is 2.19. The molecule has 0 fully saturated rings. The van der Waals surface area contributed by atoms with E-state index >= 15 is 0 Å². The number of esters is 1. The van der Waals surface area contributed by atoms with Crippen LogP contribution in [0.2, 0.25) is 0 Å². The first-order chi connectivity index (χ1) is 15.0. The SMILES string of the molecule is COC(=O)N[C@@H](c1ccc2ccccc2c1)C(C(=O)OC)C(C)=NCc1ccccc1. The van der Waals surface area contributed by atoms with Crippen molar-refractivity contribution < 1.29 is 19.1 Å². The maximum atomic E-state index is 12.8. The molecule has 1 N–H and O–H groups in total. The van der Waals surface area contributed by atoms with Gasteiger partial charge in [-0.15, -0.1) is 0 Å². The first-order valence-corrected chi connectivity index (χ1v) is 9.99. The number of benzene rings is 3. The number of alkyl carbamates (subject to hydrolysis) is 1. The first-order valence-electron chi connectivity index (χ1n) is 9.99. The monoisotopic (exact) mass is 418 g/mol. The normalized spacial score (nSPS) is 13.3. The van der Waals surface area contributed by atoms with E-state index in [1.54, 1.807) is 6.92 Å². The lowest BCUT2D eigenvalue weighted by atomic mass is 9.88. The number of hydrogen-bond acceptors (Lipinski definition) is 5. The fraction of sp³-hybridized carbons (Fsp3) is 0.240. The third-order valence-electron chi connectivity index (χ3n) is 5.18. The smallest absolute Gasteiger partial charge is 0.407 e. The van der Waals surface area contributed by atoms with Gasteiger partial charge >= 0.3 is 12.1 Å². The summed E-state index contributed by atoms with van der Waals surface area (Å²) in [5.41, 5.74) is 2.34. The minimum Gasteiger partial charge on any atom is -0.468 e. The molecule has 0 aliphatic rings. The van der Waals surface area contributed by atoms with Gasteiger partial charge in [0.1, 0.15) is 5.92 Å². The number of amides is 1. The number of rotatable bonds is 7. The predicted octanol–water partition coefficient (Wildman–Crippen LogP) is 4.69. The van der Waals surface area contributed by atoms with Crippen LogP contribution in [-0.2, 0) is 20.8 Å². The number of aliphatic imine (C=N–C) groups is 1. The van der Waals surface area contributed by atoms with Crippen LogP contribution in [0.3, 0.4) is 0 Å². The fourth-order valence-corrected chi connectivity index (χ4v) is 3.52. The molecule has 0 saturated carbocycles. The third kappa shape index (κ3) is 5.48. The van der Waals surface area contributed by atoms with Crippen molar-refractivity contribution in [2.24, 2.45) is 10.9 Å². The number of nitrogens with zero attached hydrogens (tertiary/aromatic N) is 1. The zero-order valence-electron chi connectivity index (χ0n) is 17.9. The largest absolute Gasteiger partial charge is 0.468 e.